The number of aryl methyl sites for hydroxylation is 1. The first-order chi connectivity index (χ1) is 16.9. The van der Waals surface area contributed by atoms with E-state index in [2.05, 4.69) is 10.6 Å². The van der Waals surface area contributed by atoms with Crippen molar-refractivity contribution in [2.75, 3.05) is 19.0 Å². The van der Waals surface area contributed by atoms with E-state index in [9.17, 15) is 19.2 Å². The van der Waals surface area contributed by atoms with Crippen LogP contribution in [0.25, 0.3) is 6.08 Å². The Hall–Kier alpha value is -4.14. The van der Waals surface area contributed by atoms with Gasteiger partial charge in [0.05, 0.1) is 7.11 Å². The number of ether oxygens (including phenoxy) is 2. The van der Waals surface area contributed by atoms with Crippen LogP contribution in [0.5, 0.6) is 11.5 Å². The van der Waals surface area contributed by atoms with Gasteiger partial charge in [-0.25, -0.2) is 4.79 Å². The second-order valence-corrected chi connectivity index (χ2v) is 8.51. The molecular formula is C26H27N3O6. The van der Waals surface area contributed by atoms with Crippen molar-refractivity contribution < 1.29 is 28.7 Å². The second kappa shape index (κ2) is 10.4. The molecule has 4 rings (SSSR count). The van der Waals surface area contributed by atoms with Crippen LogP contribution in [0.3, 0.4) is 0 Å². The van der Waals surface area contributed by atoms with Gasteiger partial charge < -0.3 is 14.8 Å². The Balaban J connectivity index is 1.57. The highest BCUT2D eigenvalue weighted by Gasteiger charge is 2.40. The van der Waals surface area contributed by atoms with E-state index in [1.165, 1.54) is 13.2 Å². The number of imide groups is 2. The van der Waals surface area contributed by atoms with Crippen LogP contribution in [0.1, 0.15) is 36.8 Å². The van der Waals surface area contributed by atoms with Crippen LogP contribution in [0.15, 0.2) is 48.0 Å². The Morgan fingerprint density at radius 2 is 1.83 bits per heavy atom. The molecule has 2 aromatic carbocycles. The van der Waals surface area contributed by atoms with Crippen molar-refractivity contribution in [3.05, 3.63) is 59.2 Å². The summed E-state index contributed by atoms with van der Waals surface area (Å²) in [5, 5.41) is 5.01. The van der Waals surface area contributed by atoms with E-state index in [1.54, 1.807) is 30.3 Å². The van der Waals surface area contributed by atoms with Gasteiger partial charge in [0.25, 0.3) is 17.7 Å². The Morgan fingerprint density at radius 3 is 2.51 bits per heavy atom. The van der Waals surface area contributed by atoms with Crippen molar-refractivity contribution in [2.24, 2.45) is 0 Å². The summed E-state index contributed by atoms with van der Waals surface area (Å²) in [4.78, 5) is 51.6. The molecule has 1 saturated carbocycles. The van der Waals surface area contributed by atoms with Gasteiger partial charge in [-0.15, -0.1) is 0 Å². The number of methoxy groups -OCH3 is 1. The predicted molar refractivity (Wildman–Crippen MR) is 129 cm³/mol. The van der Waals surface area contributed by atoms with Crippen LogP contribution in [0.4, 0.5) is 10.5 Å². The van der Waals surface area contributed by atoms with Crippen LogP contribution in [-0.4, -0.2) is 48.4 Å². The third-order valence-corrected chi connectivity index (χ3v) is 6.03. The molecule has 0 spiro atoms. The number of para-hydroxylation sites is 1. The Morgan fingerprint density at radius 1 is 1.11 bits per heavy atom. The lowest BCUT2D eigenvalue weighted by atomic mass is 10.0. The number of amides is 5. The van der Waals surface area contributed by atoms with E-state index in [-0.39, 0.29) is 29.9 Å². The highest BCUT2D eigenvalue weighted by molar-refractivity contribution is 6.31. The molecule has 1 aliphatic carbocycles. The van der Waals surface area contributed by atoms with Gasteiger partial charge in [-0.1, -0.05) is 42.7 Å². The van der Waals surface area contributed by atoms with Gasteiger partial charge in [-0.3, -0.25) is 24.6 Å². The molecule has 9 heteroatoms. The highest BCUT2D eigenvalue weighted by Crippen LogP contribution is 2.34. The van der Waals surface area contributed by atoms with Gasteiger partial charge in [-0.05, 0) is 44.0 Å². The Kier molecular flexibility index (Phi) is 7.14. The quantitative estimate of drug-likeness (QED) is 0.467. The summed E-state index contributed by atoms with van der Waals surface area (Å²) in [6.07, 6.45) is 4.64. The van der Waals surface area contributed by atoms with E-state index >= 15 is 0 Å². The van der Waals surface area contributed by atoms with Crippen molar-refractivity contribution in [2.45, 2.75) is 38.6 Å². The number of hydrogen-bond donors (Lipinski definition) is 2. The monoisotopic (exact) mass is 477 g/mol. The van der Waals surface area contributed by atoms with Crippen LogP contribution >= 0.6 is 0 Å². The molecule has 2 aliphatic rings. The fraction of sp³-hybridized carbons (Fsp3) is 0.308. The van der Waals surface area contributed by atoms with Crippen molar-refractivity contribution >= 4 is 35.5 Å². The normalized spacial score (nSPS) is 17.5. The molecule has 2 fully saturated rings. The number of rotatable bonds is 7. The van der Waals surface area contributed by atoms with Crippen LogP contribution in [0, 0.1) is 6.92 Å². The fourth-order valence-electron chi connectivity index (χ4n) is 4.25. The number of benzene rings is 2. The zero-order valence-corrected chi connectivity index (χ0v) is 19.6. The standard InChI is InChI=1S/C26H27N3O6/c1-16-10-12-18(13-11-16)27-22(30)15-35-23-17(6-5-9-21(23)34-2)14-20-24(31)28-26(33)29(25(20)32)19-7-3-4-8-19/h5-6,9-14,19H,3-4,7-8,15H2,1-2H3,(H,27,30)(H,28,31,33)/b20-14+. The molecular weight excluding hydrogens is 450 g/mol. The number of carbonyl (C=O) groups excluding carboxylic acids is 4. The van der Waals surface area contributed by atoms with E-state index < -0.39 is 17.8 Å². The number of carbonyl (C=O) groups is 4. The number of nitrogens with one attached hydrogen (secondary N) is 2. The summed E-state index contributed by atoms with van der Waals surface area (Å²) < 4.78 is 11.1. The first kappa shape index (κ1) is 24.0. The first-order valence-electron chi connectivity index (χ1n) is 11.4. The maximum Gasteiger partial charge on any atom is 0.331 e. The SMILES string of the molecule is COc1cccc(/C=C2\C(=O)NC(=O)N(C3CCCC3)C2=O)c1OCC(=O)Nc1ccc(C)cc1. The van der Waals surface area contributed by atoms with Gasteiger partial charge in [0.15, 0.2) is 18.1 Å². The van der Waals surface area contributed by atoms with E-state index in [1.807, 2.05) is 19.1 Å². The lowest BCUT2D eigenvalue weighted by Crippen LogP contribution is -2.57. The van der Waals surface area contributed by atoms with Crippen LogP contribution < -0.4 is 20.1 Å². The van der Waals surface area contributed by atoms with Gasteiger partial charge in [-0.2, -0.15) is 0 Å². The first-order valence-corrected chi connectivity index (χ1v) is 11.4. The smallest absolute Gasteiger partial charge is 0.331 e. The van der Waals surface area contributed by atoms with Crippen molar-refractivity contribution in [1.82, 2.24) is 10.2 Å². The zero-order valence-electron chi connectivity index (χ0n) is 19.6. The minimum Gasteiger partial charge on any atom is -0.493 e. The van der Waals surface area contributed by atoms with E-state index in [4.69, 9.17) is 9.47 Å². The molecule has 182 valence electrons. The highest BCUT2D eigenvalue weighted by atomic mass is 16.5. The topological polar surface area (TPSA) is 114 Å². The van der Waals surface area contributed by atoms with Crippen LogP contribution in [-0.2, 0) is 14.4 Å². The minimum atomic E-state index is -0.778. The minimum absolute atomic E-state index is 0.182. The second-order valence-electron chi connectivity index (χ2n) is 8.51. The summed E-state index contributed by atoms with van der Waals surface area (Å²) in [6, 6.07) is 11.4. The van der Waals surface area contributed by atoms with E-state index in [0.717, 1.165) is 23.3 Å². The van der Waals surface area contributed by atoms with Crippen LogP contribution in [0.2, 0.25) is 0 Å². The average molecular weight is 478 g/mol. The summed E-state index contributed by atoms with van der Waals surface area (Å²) in [5.41, 5.74) is 1.89. The third-order valence-electron chi connectivity index (χ3n) is 6.03. The Labute approximate surface area is 203 Å². The van der Waals surface area contributed by atoms with Crippen molar-refractivity contribution in [3.8, 4) is 11.5 Å². The van der Waals surface area contributed by atoms with Gasteiger partial charge in [0.1, 0.15) is 5.57 Å². The van der Waals surface area contributed by atoms with Gasteiger partial charge in [0, 0.05) is 17.3 Å². The lowest BCUT2D eigenvalue weighted by molar-refractivity contribution is -0.131. The molecule has 0 bridgehead atoms. The van der Waals surface area contributed by atoms with Crippen molar-refractivity contribution in [3.63, 3.8) is 0 Å². The number of hydrogen-bond acceptors (Lipinski definition) is 6. The molecule has 2 aromatic rings. The number of barbiturate groups is 1. The maximum absolute atomic E-state index is 13.1. The predicted octanol–water partition coefficient (Wildman–Crippen LogP) is 3.43. The molecule has 5 amide bonds. The molecule has 0 unspecified atom stereocenters. The van der Waals surface area contributed by atoms with Gasteiger partial charge >= 0.3 is 6.03 Å². The molecule has 1 heterocycles. The van der Waals surface area contributed by atoms with Gasteiger partial charge in [0.2, 0.25) is 0 Å². The Bertz CT molecular complexity index is 1180. The number of anilines is 1. The summed E-state index contributed by atoms with van der Waals surface area (Å²) >= 11 is 0. The lowest BCUT2D eigenvalue weighted by Gasteiger charge is -2.31. The summed E-state index contributed by atoms with van der Waals surface area (Å²) in [7, 11) is 1.45. The fourth-order valence-corrected chi connectivity index (χ4v) is 4.25. The molecule has 1 saturated heterocycles. The molecule has 1 aliphatic heterocycles. The summed E-state index contributed by atoms with van der Waals surface area (Å²) in [5.74, 6) is -1.28. The molecule has 9 nitrogen and oxygen atoms in total. The van der Waals surface area contributed by atoms with E-state index in [0.29, 0.717) is 29.8 Å². The number of urea groups is 1. The van der Waals surface area contributed by atoms with Crippen molar-refractivity contribution in [1.29, 1.82) is 0 Å². The largest absolute Gasteiger partial charge is 0.493 e. The molecule has 2 N–H and O–H groups in total. The molecule has 0 radical (unpaired) electrons. The molecule has 0 aromatic heterocycles. The molecule has 35 heavy (non-hydrogen) atoms. The maximum atomic E-state index is 13.1. The molecule has 0 atom stereocenters. The summed E-state index contributed by atoms with van der Waals surface area (Å²) in [6.45, 7) is 1.63. The average Bonchev–Trinajstić information content (AvgIpc) is 3.36. The number of nitrogens with zero attached hydrogens (tertiary/aromatic N) is 1. The third kappa shape index (κ3) is 5.34. The zero-order chi connectivity index (χ0) is 24.9.